The molecular formula is C26H33NO4. The summed E-state index contributed by atoms with van der Waals surface area (Å²) >= 11 is 0. The van der Waals surface area contributed by atoms with Crippen LogP contribution in [0.4, 0.5) is 0 Å². The van der Waals surface area contributed by atoms with Gasteiger partial charge in [0.15, 0.2) is 5.78 Å². The summed E-state index contributed by atoms with van der Waals surface area (Å²) in [7, 11) is 0. The van der Waals surface area contributed by atoms with Crippen molar-refractivity contribution in [2.75, 3.05) is 6.61 Å². The summed E-state index contributed by atoms with van der Waals surface area (Å²) in [6.07, 6.45) is 8.17. The number of allylic oxidation sites excluding steroid dienone is 3. The highest BCUT2D eigenvalue weighted by molar-refractivity contribution is 6.04. The monoisotopic (exact) mass is 423 g/mol. The number of carbonyl (C=O) groups is 2. The van der Waals surface area contributed by atoms with Crippen molar-refractivity contribution in [3.8, 4) is 5.75 Å². The van der Waals surface area contributed by atoms with Crippen molar-refractivity contribution in [3.05, 3.63) is 52.4 Å². The second-order valence-corrected chi connectivity index (χ2v) is 8.82. The van der Waals surface area contributed by atoms with Gasteiger partial charge in [0.05, 0.1) is 18.1 Å². The molecule has 0 spiro atoms. The summed E-state index contributed by atoms with van der Waals surface area (Å²) in [6, 6.07) is 7.82. The van der Waals surface area contributed by atoms with E-state index in [1.807, 2.05) is 31.2 Å². The van der Waals surface area contributed by atoms with Crippen LogP contribution in [0.3, 0.4) is 0 Å². The van der Waals surface area contributed by atoms with Crippen LogP contribution in [0.15, 0.2) is 46.8 Å². The molecule has 0 saturated heterocycles. The Bertz CT molecular complexity index is 908. The van der Waals surface area contributed by atoms with Crippen LogP contribution in [0.25, 0.3) is 0 Å². The van der Waals surface area contributed by atoms with Crippen LogP contribution in [0.5, 0.6) is 5.75 Å². The van der Waals surface area contributed by atoms with E-state index in [1.165, 1.54) is 0 Å². The third kappa shape index (κ3) is 4.56. The molecule has 0 aromatic heterocycles. The number of hydrogen-bond acceptors (Lipinski definition) is 5. The van der Waals surface area contributed by atoms with Gasteiger partial charge in [-0.2, -0.15) is 0 Å². The van der Waals surface area contributed by atoms with E-state index in [-0.39, 0.29) is 17.9 Å². The maximum Gasteiger partial charge on any atom is 0.337 e. The smallest absolute Gasteiger partial charge is 0.337 e. The van der Waals surface area contributed by atoms with E-state index in [0.717, 1.165) is 74.1 Å². The molecule has 1 aliphatic heterocycles. The Morgan fingerprint density at radius 2 is 1.90 bits per heavy atom. The summed E-state index contributed by atoms with van der Waals surface area (Å²) in [4.78, 5) is 26.5. The number of dihydropyridines is 1. The van der Waals surface area contributed by atoms with E-state index in [1.54, 1.807) is 0 Å². The molecule has 3 aliphatic rings. The lowest BCUT2D eigenvalue weighted by Crippen LogP contribution is -2.35. The molecule has 1 N–H and O–H groups in total. The number of unbranched alkanes of at least 4 members (excludes halogenated alkanes) is 1. The van der Waals surface area contributed by atoms with Crippen molar-refractivity contribution in [2.45, 2.75) is 83.7 Å². The molecule has 1 aromatic rings. The normalized spacial score (nSPS) is 21.7. The maximum atomic E-state index is 13.4. The fourth-order valence-corrected chi connectivity index (χ4v) is 4.96. The van der Waals surface area contributed by atoms with Crippen LogP contribution in [0.2, 0.25) is 0 Å². The van der Waals surface area contributed by atoms with Gasteiger partial charge in [0.2, 0.25) is 0 Å². The summed E-state index contributed by atoms with van der Waals surface area (Å²) in [5.74, 6) is 0.0961. The van der Waals surface area contributed by atoms with Gasteiger partial charge in [0.25, 0.3) is 0 Å². The number of esters is 1. The Hall–Kier alpha value is -2.56. The molecule has 5 nitrogen and oxygen atoms in total. The Labute approximate surface area is 184 Å². The van der Waals surface area contributed by atoms with E-state index in [2.05, 4.69) is 12.2 Å². The highest BCUT2D eigenvalue weighted by atomic mass is 16.5. The Morgan fingerprint density at radius 3 is 2.68 bits per heavy atom. The lowest BCUT2D eigenvalue weighted by atomic mass is 9.75. The second kappa shape index (κ2) is 9.71. The van der Waals surface area contributed by atoms with Gasteiger partial charge in [-0.15, -0.1) is 0 Å². The zero-order chi connectivity index (χ0) is 21.8. The van der Waals surface area contributed by atoms with Gasteiger partial charge in [0.1, 0.15) is 11.9 Å². The van der Waals surface area contributed by atoms with Gasteiger partial charge in [0, 0.05) is 29.0 Å². The van der Waals surface area contributed by atoms with Crippen molar-refractivity contribution in [1.82, 2.24) is 5.32 Å². The molecule has 1 heterocycles. The van der Waals surface area contributed by atoms with Crippen molar-refractivity contribution >= 4 is 11.8 Å². The minimum atomic E-state index is -0.448. The van der Waals surface area contributed by atoms with Gasteiger partial charge in [-0.3, -0.25) is 4.79 Å². The summed E-state index contributed by atoms with van der Waals surface area (Å²) in [5.41, 5.74) is 3.86. The number of rotatable bonds is 7. The quantitative estimate of drug-likeness (QED) is 0.475. The number of Topliss-reactive ketones (excluding diaryl/α,β-unsaturated/α-hetero) is 1. The maximum absolute atomic E-state index is 13.4. The molecule has 0 radical (unpaired) electrons. The van der Waals surface area contributed by atoms with E-state index in [4.69, 9.17) is 9.47 Å². The number of ether oxygens (including phenoxy) is 2. The summed E-state index contributed by atoms with van der Waals surface area (Å²) in [6.45, 7) is 4.66. The third-order valence-corrected chi connectivity index (χ3v) is 6.56. The van der Waals surface area contributed by atoms with Crippen LogP contribution in [0.1, 0.15) is 83.1 Å². The van der Waals surface area contributed by atoms with Crippen molar-refractivity contribution in [3.63, 3.8) is 0 Å². The topological polar surface area (TPSA) is 64.6 Å². The van der Waals surface area contributed by atoms with E-state index in [9.17, 15) is 9.59 Å². The van der Waals surface area contributed by atoms with Crippen LogP contribution in [0, 0.1) is 0 Å². The second-order valence-electron chi connectivity index (χ2n) is 8.82. The minimum absolute atomic E-state index is 0.0260. The fraction of sp³-hybridized carbons (Fsp3) is 0.538. The lowest BCUT2D eigenvalue weighted by Gasteiger charge is -2.35. The first-order valence-corrected chi connectivity index (χ1v) is 11.8. The molecular weight excluding hydrogens is 390 g/mol. The summed E-state index contributed by atoms with van der Waals surface area (Å²) in [5, 5.41) is 3.37. The molecule has 1 saturated carbocycles. The molecule has 4 rings (SSSR count). The number of para-hydroxylation sites is 1. The van der Waals surface area contributed by atoms with E-state index in [0.29, 0.717) is 24.2 Å². The number of hydrogen-bond donors (Lipinski definition) is 1. The molecule has 1 fully saturated rings. The number of ketones is 1. The molecule has 5 heteroatoms. The highest BCUT2D eigenvalue weighted by Crippen LogP contribution is 2.45. The minimum Gasteiger partial charge on any atom is -0.493 e. The molecule has 31 heavy (non-hydrogen) atoms. The first kappa shape index (κ1) is 21.7. The molecule has 2 aliphatic carbocycles. The number of nitrogens with one attached hydrogen (secondary N) is 1. The van der Waals surface area contributed by atoms with E-state index >= 15 is 0 Å². The van der Waals surface area contributed by atoms with Gasteiger partial charge in [-0.05, 0) is 57.9 Å². The van der Waals surface area contributed by atoms with Gasteiger partial charge in [-0.25, -0.2) is 4.79 Å². The van der Waals surface area contributed by atoms with Crippen molar-refractivity contribution in [1.29, 1.82) is 0 Å². The first-order valence-electron chi connectivity index (χ1n) is 11.8. The van der Waals surface area contributed by atoms with Gasteiger partial charge >= 0.3 is 5.97 Å². The van der Waals surface area contributed by atoms with Crippen molar-refractivity contribution < 1.29 is 19.1 Å². The lowest BCUT2D eigenvalue weighted by molar-refractivity contribution is -0.144. The average Bonchev–Trinajstić information content (AvgIpc) is 3.26. The van der Waals surface area contributed by atoms with Gasteiger partial charge < -0.3 is 14.8 Å². The Balaban J connectivity index is 1.75. The SMILES string of the molecule is CCCCOc1ccccc1C1C(C(=O)OC2CCCC2)=C(C)NC2=C1C(=O)CCC2. The Kier molecular flexibility index (Phi) is 6.79. The molecule has 1 aromatic carbocycles. The first-order chi connectivity index (χ1) is 15.1. The molecule has 1 unspecified atom stereocenters. The number of carbonyl (C=O) groups excluding carboxylic acids is 2. The molecule has 166 valence electrons. The number of benzene rings is 1. The molecule has 0 bridgehead atoms. The third-order valence-electron chi connectivity index (χ3n) is 6.56. The zero-order valence-corrected chi connectivity index (χ0v) is 18.7. The van der Waals surface area contributed by atoms with Crippen LogP contribution in [-0.2, 0) is 14.3 Å². The van der Waals surface area contributed by atoms with Gasteiger partial charge in [-0.1, -0.05) is 31.5 Å². The predicted molar refractivity (Wildman–Crippen MR) is 120 cm³/mol. The molecule has 1 atom stereocenters. The van der Waals surface area contributed by atoms with Crippen LogP contribution in [-0.4, -0.2) is 24.5 Å². The van der Waals surface area contributed by atoms with Crippen molar-refractivity contribution in [2.24, 2.45) is 0 Å². The standard InChI is InChI=1S/C26H33NO4/c1-3-4-16-30-22-15-8-7-12-19(22)24-23(26(29)31-18-10-5-6-11-18)17(2)27-20-13-9-14-21(28)25(20)24/h7-8,12,15,18,24,27H,3-6,9-11,13-14,16H2,1-2H3. The van der Waals surface area contributed by atoms with Crippen LogP contribution < -0.4 is 10.1 Å². The van der Waals surface area contributed by atoms with E-state index < -0.39 is 5.92 Å². The largest absolute Gasteiger partial charge is 0.493 e. The Morgan fingerprint density at radius 1 is 1.13 bits per heavy atom. The highest BCUT2D eigenvalue weighted by Gasteiger charge is 2.41. The van der Waals surface area contributed by atoms with Crippen LogP contribution >= 0.6 is 0 Å². The summed E-state index contributed by atoms with van der Waals surface area (Å²) < 4.78 is 12.0. The predicted octanol–water partition coefficient (Wildman–Crippen LogP) is 5.32. The molecule has 0 amide bonds. The average molecular weight is 424 g/mol. The fourth-order valence-electron chi connectivity index (χ4n) is 4.96. The zero-order valence-electron chi connectivity index (χ0n) is 18.7.